The molecule has 0 saturated heterocycles. The van der Waals surface area contributed by atoms with Crippen molar-refractivity contribution in [1.82, 2.24) is 0 Å². The van der Waals surface area contributed by atoms with Crippen LogP contribution in [0, 0.1) is 10.5 Å². The molecule has 1 atom stereocenters. The molecule has 0 spiro atoms. The molecule has 0 saturated carbocycles. The highest BCUT2D eigenvalue weighted by atomic mass is 127. The molecule has 1 aromatic heterocycles. The summed E-state index contributed by atoms with van der Waals surface area (Å²) in [4.78, 5) is 0.782. The van der Waals surface area contributed by atoms with E-state index in [0.29, 0.717) is 5.76 Å². The number of rotatable bonds is 2. The van der Waals surface area contributed by atoms with Crippen molar-refractivity contribution >= 4 is 44.4 Å². The van der Waals surface area contributed by atoms with Gasteiger partial charge in [-0.05, 0) is 53.8 Å². The van der Waals surface area contributed by atoms with E-state index < -0.39 is 10.8 Å². The lowest BCUT2D eigenvalue weighted by Crippen LogP contribution is -1.89. The minimum Gasteiger partial charge on any atom is -0.455 e. The normalized spacial score (nSPS) is 12.8. The fraction of sp³-hybridized carbons (Fsp3) is 0.125. The number of aryl methyl sites for hydroxylation is 1. The Morgan fingerprint density at radius 3 is 2.45 bits per heavy atom. The zero-order chi connectivity index (χ0) is 14.3. The van der Waals surface area contributed by atoms with Crippen LogP contribution in [0.3, 0.4) is 0 Å². The largest absolute Gasteiger partial charge is 0.455 e. The van der Waals surface area contributed by atoms with Crippen LogP contribution in [0.4, 0.5) is 0 Å². The molecular weight excluding hydrogens is 383 g/mol. The summed E-state index contributed by atoms with van der Waals surface area (Å²) in [6, 6.07) is 14.0. The summed E-state index contributed by atoms with van der Waals surface area (Å²) in [5.74, 6) is 0.711. The minimum atomic E-state index is -1.09. The molecule has 3 rings (SSSR count). The van der Waals surface area contributed by atoms with Crippen LogP contribution >= 0.6 is 22.6 Å². The Morgan fingerprint density at radius 2 is 1.80 bits per heavy atom. The Hall–Kier alpha value is -1.14. The van der Waals surface area contributed by atoms with Crippen molar-refractivity contribution in [3.8, 4) is 11.3 Å². The Morgan fingerprint density at radius 1 is 1.10 bits per heavy atom. The van der Waals surface area contributed by atoms with Crippen LogP contribution in [0.5, 0.6) is 0 Å². The highest BCUT2D eigenvalue weighted by Gasteiger charge is 2.18. The van der Waals surface area contributed by atoms with Gasteiger partial charge >= 0.3 is 0 Å². The quantitative estimate of drug-likeness (QED) is 0.586. The first-order valence-electron chi connectivity index (χ1n) is 6.19. The average Bonchev–Trinajstić information content (AvgIpc) is 2.78. The molecule has 3 aromatic rings. The van der Waals surface area contributed by atoms with Crippen molar-refractivity contribution < 1.29 is 8.63 Å². The zero-order valence-corrected chi connectivity index (χ0v) is 14.1. The molecule has 102 valence electrons. The van der Waals surface area contributed by atoms with Crippen LogP contribution in [0.25, 0.3) is 22.3 Å². The molecule has 0 fully saturated rings. The number of hydrogen-bond acceptors (Lipinski definition) is 2. The lowest BCUT2D eigenvalue weighted by atomic mass is 10.1. The Kier molecular flexibility index (Phi) is 3.69. The molecule has 0 aliphatic heterocycles. The van der Waals surface area contributed by atoms with E-state index >= 15 is 0 Å². The number of benzene rings is 2. The summed E-state index contributed by atoms with van der Waals surface area (Å²) in [5.41, 5.74) is 2.89. The van der Waals surface area contributed by atoms with Gasteiger partial charge in [0, 0.05) is 20.8 Å². The first kappa shape index (κ1) is 13.8. The molecule has 0 unspecified atom stereocenters. The fourth-order valence-electron chi connectivity index (χ4n) is 2.27. The molecule has 2 aromatic carbocycles. The Labute approximate surface area is 133 Å². The van der Waals surface area contributed by atoms with Gasteiger partial charge in [0.2, 0.25) is 0 Å². The zero-order valence-electron chi connectivity index (χ0n) is 11.1. The van der Waals surface area contributed by atoms with Crippen LogP contribution in [0.15, 0.2) is 51.8 Å². The highest BCUT2D eigenvalue weighted by molar-refractivity contribution is 14.1. The first-order valence-corrected chi connectivity index (χ1v) is 8.82. The molecule has 4 heteroatoms. The van der Waals surface area contributed by atoms with E-state index in [2.05, 4.69) is 22.6 Å². The Balaban J connectivity index is 2.32. The second-order valence-electron chi connectivity index (χ2n) is 4.72. The van der Waals surface area contributed by atoms with E-state index in [1.165, 1.54) is 0 Å². The summed E-state index contributed by atoms with van der Waals surface area (Å²) in [7, 11) is -1.09. The van der Waals surface area contributed by atoms with Gasteiger partial charge in [-0.2, -0.15) is 0 Å². The third kappa shape index (κ3) is 2.42. The van der Waals surface area contributed by atoms with Crippen molar-refractivity contribution in [3.63, 3.8) is 0 Å². The van der Waals surface area contributed by atoms with Crippen LogP contribution < -0.4 is 0 Å². The van der Waals surface area contributed by atoms with Crippen molar-refractivity contribution in [2.75, 3.05) is 6.26 Å². The molecule has 0 aliphatic rings. The molecule has 2 nitrogen and oxygen atoms in total. The van der Waals surface area contributed by atoms with Crippen LogP contribution in [0.2, 0.25) is 0 Å². The maximum absolute atomic E-state index is 12.1. The predicted molar refractivity (Wildman–Crippen MR) is 91.4 cm³/mol. The first-order chi connectivity index (χ1) is 9.56. The summed E-state index contributed by atoms with van der Waals surface area (Å²) in [6.07, 6.45) is 1.70. The SMILES string of the molecule is Cc1ccc2oc(-c3ccc(I)cc3)c([S@@](C)=O)c2c1. The number of hydrogen-bond donors (Lipinski definition) is 0. The van der Waals surface area contributed by atoms with Crippen molar-refractivity contribution in [1.29, 1.82) is 0 Å². The van der Waals surface area contributed by atoms with Crippen molar-refractivity contribution in [2.24, 2.45) is 0 Å². The lowest BCUT2D eigenvalue weighted by Gasteiger charge is -2.00. The van der Waals surface area contributed by atoms with E-state index in [1.54, 1.807) is 6.26 Å². The fourth-order valence-corrected chi connectivity index (χ4v) is 3.51. The van der Waals surface area contributed by atoms with Gasteiger partial charge in [-0.1, -0.05) is 23.8 Å². The number of furan rings is 1. The molecule has 0 aliphatic carbocycles. The third-order valence-electron chi connectivity index (χ3n) is 3.19. The standard InChI is InChI=1S/C16H13IO2S/c1-10-3-8-14-13(9-10)16(20(2)18)15(19-14)11-4-6-12(17)7-5-11/h3-9H,1-2H3/t20-/m1/s1. The van der Waals surface area contributed by atoms with Crippen LogP contribution in [0.1, 0.15) is 5.56 Å². The molecular formula is C16H13IO2S. The van der Waals surface area contributed by atoms with Crippen molar-refractivity contribution in [2.45, 2.75) is 11.8 Å². The van der Waals surface area contributed by atoms with E-state index in [9.17, 15) is 4.21 Å². The Bertz CT molecular complexity index is 803. The lowest BCUT2D eigenvalue weighted by molar-refractivity contribution is 0.622. The summed E-state index contributed by atoms with van der Waals surface area (Å²) in [5, 5.41) is 0.944. The van der Waals surface area contributed by atoms with Gasteiger partial charge in [-0.3, -0.25) is 4.21 Å². The maximum atomic E-state index is 12.1. The molecule has 0 bridgehead atoms. The highest BCUT2D eigenvalue weighted by Crippen LogP contribution is 2.36. The van der Waals surface area contributed by atoms with Gasteiger partial charge in [0.05, 0.1) is 15.7 Å². The van der Waals surface area contributed by atoms with Gasteiger partial charge in [-0.25, -0.2) is 0 Å². The smallest absolute Gasteiger partial charge is 0.151 e. The topological polar surface area (TPSA) is 30.2 Å². The molecule has 0 N–H and O–H groups in total. The van der Waals surface area contributed by atoms with Gasteiger partial charge in [0.25, 0.3) is 0 Å². The van der Waals surface area contributed by atoms with Crippen molar-refractivity contribution in [3.05, 3.63) is 51.6 Å². The third-order valence-corrected chi connectivity index (χ3v) is 4.89. The average molecular weight is 396 g/mol. The van der Waals surface area contributed by atoms with E-state index in [-0.39, 0.29) is 0 Å². The maximum Gasteiger partial charge on any atom is 0.151 e. The van der Waals surface area contributed by atoms with E-state index in [1.807, 2.05) is 49.4 Å². The number of halogens is 1. The molecule has 1 heterocycles. The summed E-state index contributed by atoms with van der Waals surface area (Å²) < 4.78 is 19.3. The summed E-state index contributed by atoms with van der Waals surface area (Å²) in [6.45, 7) is 2.03. The van der Waals surface area contributed by atoms with E-state index in [4.69, 9.17) is 4.42 Å². The summed E-state index contributed by atoms with van der Waals surface area (Å²) >= 11 is 2.27. The van der Waals surface area contributed by atoms with Gasteiger partial charge in [-0.15, -0.1) is 0 Å². The van der Waals surface area contributed by atoms with Crippen LogP contribution in [-0.4, -0.2) is 10.5 Å². The van der Waals surface area contributed by atoms with Gasteiger partial charge in [0.15, 0.2) is 5.76 Å². The second kappa shape index (κ2) is 5.33. The predicted octanol–water partition coefficient (Wildman–Crippen LogP) is 4.75. The molecule has 0 radical (unpaired) electrons. The molecule has 20 heavy (non-hydrogen) atoms. The van der Waals surface area contributed by atoms with Gasteiger partial charge < -0.3 is 4.42 Å². The number of fused-ring (bicyclic) bond motifs is 1. The molecule has 0 amide bonds. The minimum absolute atomic E-state index is 0.711. The van der Waals surface area contributed by atoms with Crippen LogP contribution in [-0.2, 0) is 10.8 Å². The van der Waals surface area contributed by atoms with E-state index in [0.717, 1.165) is 30.6 Å². The van der Waals surface area contributed by atoms with Gasteiger partial charge in [0.1, 0.15) is 5.58 Å². The monoisotopic (exact) mass is 396 g/mol. The second-order valence-corrected chi connectivity index (χ2v) is 7.28.